The largest absolute Gasteiger partial charge is 0.293 e. The van der Waals surface area contributed by atoms with E-state index in [0.29, 0.717) is 5.82 Å². The van der Waals surface area contributed by atoms with Gasteiger partial charge in [-0.25, -0.2) is 9.67 Å². The van der Waals surface area contributed by atoms with E-state index in [1.807, 2.05) is 18.2 Å². The van der Waals surface area contributed by atoms with Gasteiger partial charge in [-0.1, -0.05) is 49.7 Å². The van der Waals surface area contributed by atoms with Gasteiger partial charge in [0.05, 0.1) is 5.56 Å². The Kier molecular flexibility index (Phi) is 5.72. The summed E-state index contributed by atoms with van der Waals surface area (Å²) in [6, 6.07) is 16.4. The van der Waals surface area contributed by atoms with Crippen LogP contribution in [0.4, 0.5) is 0 Å². The van der Waals surface area contributed by atoms with Crippen molar-refractivity contribution < 1.29 is 0 Å². The molecule has 5 heteroatoms. The number of hydrogen-bond acceptors (Lipinski definition) is 3. The molecule has 0 saturated heterocycles. The van der Waals surface area contributed by atoms with E-state index in [0.717, 1.165) is 56.5 Å². The molecule has 1 aliphatic carbocycles. The van der Waals surface area contributed by atoms with Crippen LogP contribution in [0.25, 0.3) is 5.82 Å². The van der Waals surface area contributed by atoms with E-state index in [1.165, 1.54) is 5.56 Å². The molecule has 146 valence electrons. The number of unbranched alkanes of at least 4 members (excludes halogenated alkanes) is 1. The number of H-pyrrole nitrogens is 1. The van der Waals surface area contributed by atoms with Crippen molar-refractivity contribution in [2.75, 3.05) is 6.54 Å². The number of aryl methyl sites for hydroxylation is 1. The molecule has 4 rings (SSSR count). The number of benzene rings is 1. The van der Waals surface area contributed by atoms with Gasteiger partial charge in [-0.15, -0.1) is 0 Å². The highest BCUT2D eigenvalue weighted by atomic mass is 16.1. The Morgan fingerprint density at radius 2 is 2.00 bits per heavy atom. The van der Waals surface area contributed by atoms with Crippen LogP contribution in [-0.4, -0.2) is 26.2 Å². The number of nitrogens with zero attached hydrogens (tertiary/aromatic N) is 3. The summed E-state index contributed by atoms with van der Waals surface area (Å²) in [6.45, 7) is 4.10. The molecule has 2 heterocycles. The first-order valence-corrected chi connectivity index (χ1v) is 10.3. The van der Waals surface area contributed by atoms with Crippen molar-refractivity contribution in [3.63, 3.8) is 0 Å². The molecule has 1 unspecified atom stereocenters. The lowest BCUT2D eigenvalue weighted by atomic mass is 9.91. The van der Waals surface area contributed by atoms with E-state index in [4.69, 9.17) is 0 Å². The quantitative estimate of drug-likeness (QED) is 0.671. The highest BCUT2D eigenvalue weighted by Gasteiger charge is 2.31. The normalized spacial score (nSPS) is 16.3. The molecule has 5 nitrogen and oxygen atoms in total. The second kappa shape index (κ2) is 8.57. The number of aromatic nitrogens is 3. The summed E-state index contributed by atoms with van der Waals surface area (Å²) in [5.74, 6) is 0.656. The van der Waals surface area contributed by atoms with Crippen molar-refractivity contribution in [1.29, 1.82) is 0 Å². The summed E-state index contributed by atoms with van der Waals surface area (Å²) in [7, 11) is 0. The maximum atomic E-state index is 13.3. The molecular formula is C23H28N4O. The smallest absolute Gasteiger partial charge is 0.277 e. The van der Waals surface area contributed by atoms with Crippen molar-refractivity contribution in [1.82, 2.24) is 19.7 Å². The Balaban J connectivity index is 1.70. The van der Waals surface area contributed by atoms with Gasteiger partial charge in [-0.2, -0.15) is 0 Å². The van der Waals surface area contributed by atoms with Gasteiger partial charge in [-0.05, 0) is 49.9 Å². The first-order valence-electron chi connectivity index (χ1n) is 10.3. The van der Waals surface area contributed by atoms with E-state index in [9.17, 15) is 4.79 Å². The second-order valence-electron chi connectivity index (χ2n) is 7.55. The summed E-state index contributed by atoms with van der Waals surface area (Å²) in [5.41, 5.74) is 3.35. The molecule has 0 amide bonds. The molecule has 3 aromatic rings. The van der Waals surface area contributed by atoms with Gasteiger partial charge in [0.1, 0.15) is 0 Å². The summed E-state index contributed by atoms with van der Waals surface area (Å²) in [5, 5.41) is 3.34. The molecule has 1 aliphatic rings. The first-order chi connectivity index (χ1) is 13.8. The molecule has 0 fully saturated rings. The van der Waals surface area contributed by atoms with Gasteiger partial charge in [0.25, 0.3) is 5.56 Å². The molecule has 1 aromatic carbocycles. The number of pyridine rings is 1. The Morgan fingerprint density at radius 1 is 1.18 bits per heavy atom. The molecule has 2 aromatic heterocycles. The van der Waals surface area contributed by atoms with Gasteiger partial charge in [0.2, 0.25) is 0 Å². The van der Waals surface area contributed by atoms with Crippen LogP contribution in [0.2, 0.25) is 0 Å². The van der Waals surface area contributed by atoms with E-state index >= 15 is 0 Å². The summed E-state index contributed by atoms with van der Waals surface area (Å²) in [6.07, 6.45) is 7.06. The molecule has 0 aliphatic heterocycles. The Hall–Kier alpha value is -2.66. The molecule has 28 heavy (non-hydrogen) atoms. The van der Waals surface area contributed by atoms with Crippen molar-refractivity contribution >= 4 is 0 Å². The van der Waals surface area contributed by atoms with Gasteiger partial charge in [-0.3, -0.25) is 14.8 Å². The average molecular weight is 377 g/mol. The Bertz CT molecular complexity index is 946. The number of nitrogens with one attached hydrogen (secondary N) is 1. The monoisotopic (exact) mass is 376 g/mol. The average Bonchev–Trinajstić information content (AvgIpc) is 3.09. The molecule has 0 spiro atoms. The van der Waals surface area contributed by atoms with Gasteiger partial charge in [0, 0.05) is 24.5 Å². The number of rotatable bonds is 7. The maximum absolute atomic E-state index is 13.3. The van der Waals surface area contributed by atoms with Gasteiger partial charge >= 0.3 is 0 Å². The predicted molar refractivity (Wildman–Crippen MR) is 112 cm³/mol. The van der Waals surface area contributed by atoms with Gasteiger partial charge < -0.3 is 0 Å². The van der Waals surface area contributed by atoms with E-state index in [-0.39, 0.29) is 11.6 Å². The van der Waals surface area contributed by atoms with Crippen LogP contribution in [0.1, 0.15) is 55.5 Å². The standard InChI is InChI=1S/C23H28N4O/c1-2-3-16-26(17-18-10-5-4-6-11-18)20-13-9-12-19-22(20)23(28)27(25-19)21-14-7-8-15-24-21/h4-8,10-11,14-15,20,25H,2-3,9,12-13,16-17H2,1H3. The lowest BCUT2D eigenvalue weighted by Gasteiger charge is -2.33. The Morgan fingerprint density at radius 3 is 2.75 bits per heavy atom. The zero-order valence-electron chi connectivity index (χ0n) is 16.5. The Labute approximate surface area is 166 Å². The molecular weight excluding hydrogens is 348 g/mol. The predicted octanol–water partition coefficient (Wildman–Crippen LogP) is 4.24. The molecule has 1 N–H and O–H groups in total. The number of aromatic amines is 1. The van der Waals surface area contributed by atoms with Crippen molar-refractivity contribution in [3.05, 3.63) is 81.9 Å². The molecule has 1 atom stereocenters. The zero-order chi connectivity index (χ0) is 19.3. The summed E-state index contributed by atoms with van der Waals surface area (Å²) >= 11 is 0. The fourth-order valence-corrected chi connectivity index (χ4v) is 4.18. The fraction of sp³-hybridized carbons (Fsp3) is 0.391. The zero-order valence-corrected chi connectivity index (χ0v) is 16.5. The van der Waals surface area contributed by atoms with Crippen LogP contribution in [0.3, 0.4) is 0 Å². The minimum Gasteiger partial charge on any atom is -0.293 e. The minimum atomic E-state index is 0.0490. The highest BCUT2D eigenvalue weighted by Crippen LogP contribution is 2.33. The summed E-state index contributed by atoms with van der Waals surface area (Å²) in [4.78, 5) is 20.2. The topological polar surface area (TPSA) is 53.9 Å². The van der Waals surface area contributed by atoms with Crippen LogP contribution < -0.4 is 5.56 Å². The van der Waals surface area contributed by atoms with Crippen LogP contribution in [0.15, 0.2) is 59.5 Å². The minimum absolute atomic E-state index is 0.0490. The number of hydrogen-bond donors (Lipinski definition) is 1. The maximum Gasteiger partial charge on any atom is 0.277 e. The molecule has 0 radical (unpaired) electrons. The molecule has 0 saturated carbocycles. The second-order valence-corrected chi connectivity index (χ2v) is 7.55. The third-order valence-corrected chi connectivity index (χ3v) is 5.59. The third-order valence-electron chi connectivity index (χ3n) is 5.59. The van der Waals surface area contributed by atoms with Crippen molar-refractivity contribution in [2.24, 2.45) is 0 Å². The first kappa shape index (κ1) is 18.7. The highest BCUT2D eigenvalue weighted by molar-refractivity contribution is 5.30. The van der Waals surface area contributed by atoms with E-state index < -0.39 is 0 Å². The van der Waals surface area contributed by atoms with Gasteiger partial charge in [0.15, 0.2) is 5.82 Å². The molecule has 0 bridgehead atoms. The van der Waals surface area contributed by atoms with Crippen LogP contribution in [-0.2, 0) is 13.0 Å². The van der Waals surface area contributed by atoms with Crippen LogP contribution in [0.5, 0.6) is 0 Å². The number of fused-ring (bicyclic) bond motifs is 1. The van der Waals surface area contributed by atoms with Crippen LogP contribution >= 0.6 is 0 Å². The van der Waals surface area contributed by atoms with Crippen molar-refractivity contribution in [2.45, 2.75) is 51.6 Å². The lowest BCUT2D eigenvalue weighted by molar-refractivity contribution is 0.166. The lowest BCUT2D eigenvalue weighted by Crippen LogP contribution is -2.35. The SMILES string of the molecule is CCCCN(Cc1ccccc1)C1CCCc2[nH]n(-c3ccccn3)c(=O)c21. The van der Waals surface area contributed by atoms with Crippen LogP contribution in [0, 0.1) is 0 Å². The fourth-order valence-electron chi connectivity index (χ4n) is 4.18. The van der Waals surface area contributed by atoms with Crippen molar-refractivity contribution in [3.8, 4) is 5.82 Å². The van der Waals surface area contributed by atoms with E-state index in [1.54, 1.807) is 10.9 Å². The van der Waals surface area contributed by atoms with E-state index in [2.05, 4.69) is 52.2 Å². The summed E-state index contributed by atoms with van der Waals surface area (Å²) < 4.78 is 1.61. The third kappa shape index (κ3) is 3.80.